The Labute approximate surface area is 92.1 Å². The molecule has 0 aromatic heterocycles. The average molecular weight is 217 g/mol. The van der Waals surface area contributed by atoms with Gasteiger partial charge in [-0.05, 0) is 13.8 Å². The maximum Gasteiger partial charge on any atom is 0.0494 e. The summed E-state index contributed by atoms with van der Waals surface area (Å²) in [5.41, 5.74) is 0.0398. The second-order valence-corrected chi connectivity index (χ2v) is 7.44. The molecule has 0 atom stereocenters. The summed E-state index contributed by atoms with van der Waals surface area (Å²) in [7, 11) is 0. The van der Waals surface area contributed by atoms with Gasteiger partial charge in [0.05, 0.1) is 0 Å². The first-order valence-electron chi connectivity index (χ1n) is 5.32. The minimum Gasteiger partial charge on any atom is -0.396 e. The molecule has 0 aromatic carbocycles. The predicted octanol–water partition coefficient (Wildman–Crippen LogP) is 1.83. The first-order valence-corrected chi connectivity index (χ1v) is 6.30. The Morgan fingerprint density at radius 2 is 2.07 bits per heavy atom. The van der Waals surface area contributed by atoms with Gasteiger partial charge < -0.3 is 10.0 Å². The molecular formula is C11H23NOS. The second kappa shape index (κ2) is 4.42. The smallest absolute Gasteiger partial charge is 0.0494 e. The highest BCUT2D eigenvalue weighted by atomic mass is 32.2. The van der Waals surface area contributed by atoms with E-state index in [1.165, 1.54) is 5.75 Å². The molecule has 2 nitrogen and oxygen atoms in total. The Hall–Kier alpha value is 0.270. The highest BCUT2D eigenvalue weighted by Crippen LogP contribution is 2.30. The quantitative estimate of drug-likeness (QED) is 0.780. The molecule has 1 aliphatic heterocycles. The van der Waals surface area contributed by atoms with Crippen LogP contribution in [0.5, 0.6) is 0 Å². The molecule has 0 bridgehead atoms. The molecule has 0 aromatic rings. The summed E-state index contributed by atoms with van der Waals surface area (Å²) in [6, 6.07) is 0. The first-order chi connectivity index (χ1) is 6.35. The zero-order valence-electron chi connectivity index (χ0n) is 9.84. The topological polar surface area (TPSA) is 23.5 Å². The largest absolute Gasteiger partial charge is 0.396 e. The van der Waals surface area contributed by atoms with Crippen molar-refractivity contribution >= 4 is 11.8 Å². The molecule has 1 heterocycles. The molecule has 3 heteroatoms. The summed E-state index contributed by atoms with van der Waals surface area (Å²) < 4.78 is 0.379. The SMILES string of the molecule is CC(C)(CO)CN1CCSC(C)(C)C1. The molecule has 84 valence electrons. The number of aliphatic hydroxyl groups excluding tert-OH is 1. The summed E-state index contributed by atoms with van der Waals surface area (Å²) in [6.45, 7) is 12.4. The van der Waals surface area contributed by atoms with Crippen LogP contribution in [0.4, 0.5) is 0 Å². The van der Waals surface area contributed by atoms with Crippen LogP contribution in [-0.4, -0.2) is 46.7 Å². The Morgan fingerprint density at radius 3 is 2.57 bits per heavy atom. The molecule has 1 saturated heterocycles. The monoisotopic (exact) mass is 217 g/mol. The molecule has 1 aliphatic rings. The van der Waals surface area contributed by atoms with Gasteiger partial charge in [-0.3, -0.25) is 0 Å². The van der Waals surface area contributed by atoms with Gasteiger partial charge in [-0.1, -0.05) is 13.8 Å². The predicted molar refractivity (Wildman–Crippen MR) is 63.8 cm³/mol. The van der Waals surface area contributed by atoms with Gasteiger partial charge in [0, 0.05) is 42.2 Å². The summed E-state index contributed by atoms with van der Waals surface area (Å²) in [5, 5.41) is 9.22. The van der Waals surface area contributed by atoms with E-state index in [0.29, 0.717) is 4.75 Å². The van der Waals surface area contributed by atoms with Crippen molar-refractivity contribution in [3.05, 3.63) is 0 Å². The van der Waals surface area contributed by atoms with Crippen molar-refractivity contribution in [2.75, 3.05) is 32.0 Å². The van der Waals surface area contributed by atoms with Gasteiger partial charge in [-0.25, -0.2) is 0 Å². The molecule has 0 spiro atoms. The van der Waals surface area contributed by atoms with E-state index in [1.54, 1.807) is 0 Å². The third-order valence-corrected chi connectivity index (χ3v) is 3.88. The molecule has 0 saturated carbocycles. The molecule has 1 rings (SSSR count). The molecule has 14 heavy (non-hydrogen) atoms. The second-order valence-electron chi connectivity index (χ2n) is 5.64. The molecule has 0 unspecified atom stereocenters. The van der Waals surface area contributed by atoms with Crippen molar-refractivity contribution in [3.8, 4) is 0 Å². The van der Waals surface area contributed by atoms with Crippen molar-refractivity contribution in [2.45, 2.75) is 32.4 Å². The average Bonchev–Trinajstić information content (AvgIpc) is 2.01. The van der Waals surface area contributed by atoms with Crippen LogP contribution >= 0.6 is 11.8 Å². The third-order valence-electron chi connectivity index (χ3n) is 2.58. The maximum atomic E-state index is 9.22. The van der Waals surface area contributed by atoms with Crippen molar-refractivity contribution in [2.24, 2.45) is 5.41 Å². The third kappa shape index (κ3) is 3.79. The lowest BCUT2D eigenvalue weighted by atomic mass is 9.93. The molecule has 1 fully saturated rings. The van der Waals surface area contributed by atoms with Gasteiger partial charge in [0.2, 0.25) is 0 Å². The zero-order valence-corrected chi connectivity index (χ0v) is 10.7. The summed E-state index contributed by atoms with van der Waals surface area (Å²) in [5.74, 6) is 1.22. The van der Waals surface area contributed by atoms with Crippen LogP contribution in [0.15, 0.2) is 0 Å². The fourth-order valence-electron chi connectivity index (χ4n) is 1.90. The number of thioether (sulfide) groups is 1. The van der Waals surface area contributed by atoms with Crippen LogP contribution in [0.2, 0.25) is 0 Å². The van der Waals surface area contributed by atoms with E-state index in [1.807, 2.05) is 0 Å². The maximum absolute atomic E-state index is 9.22. The van der Waals surface area contributed by atoms with Gasteiger partial charge >= 0.3 is 0 Å². The number of hydrogen-bond acceptors (Lipinski definition) is 3. The van der Waals surface area contributed by atoms with Gasteiger partial charge in [-0.2, -0.15) is 11.8 Å². The van der Waals surface area contributed by atoms with E-state index in [9.17, 15) is 5.11 Å². The van der Waals surface area contributed by atoms with Crippen molar-refractivity contribution in [1.82, 2.24) is 4.90 Å². The number of nitrogens with zero attached hydrogens (tertiary/aromatic N) is 1. The Morgan fingerprint density at radius 1 is 1.43 bits per heavy atom. The summed E-state index contributed by atoms with van der Waals surface area (Å²) in [4.78, 5) is 2.48. The Bertz CT molecular complexity index is 192. The highest BCUT2D eigenvalue weighted by molar-refractivity contribution is 8.00. The minimum absolute atomic E-state index is 0.0398. The van der Waals surface area contributed by atoms with Crippen molar-refractivity contribution < 1.29 is 5.11 Å². The molecule has 0 aliphatic carbocycles. The van der Waals surface area contributed by atoms with E-state index in [2.05, 4.69) is 44.4 Å². The Kier molecular flexibility index (Phi) is 3.89. The lowest BCUT2D eigenvalue weighted by Gasteiger charge is -2.40. The number of aliphatic hydroxyl groups is 1. The highest BCUT2D eigenvalue weighted by Gasteiger charge is 2.30. The summed E-state index contributed by atoms with van der Waals surface area (Å²) >= 11 is 2.05. The van der Waals surface area contributed by atoms with Gasteiger partial charge in [0.15, 0.2) is 0 Å². The minimum atomic E-state index is 0.0398. The standard InChI is InChI=1S/C11H23NOS/c1-10(2,9-13)7-12-5-6-14-11(3,4)8-12/h13H,5-9H2,1-4H3. The normalized spacial score (nSPS) is 23.8. The van der Waals surface area contributed by atoms with Gasteiger partial charge in [0.25, 0.3) is 0 Å². The van der Waals surface area contributed by atoms with E-state index in [0.717, 1.165) is 19.6 Å². The van der Waals surface area contributed by atoms with Crippen LogP contribution in [0.1, 0.15) is 27.7 Å². The van der Waals surface area contributed by atoms with E-state index in [-0.39, 0.29) is 12.0 Å². The lowest BCUT2D eigenvalue weighted by molar-refractivity contribution is 0.100. The lowest BCUT2D eigenvalue weighted by Crippen LogP contribution is -2.47. The van der Waals surface area contributed by atoms with Crippen LogP contribution < -0.4 is 0 Å². The zero-order chi connectivity index (χ0) is 10.8. The fourth-order valence-corrected chi connectivity index (χ4v) is 3.08. The van der Waals surface area contributed by atoms with Crippen LogP contribution in [-0.2, 0) is 0 Å². The molecule has 1 N–H and O–H groups in total. The van der Waals surface area contributed by atoms with E-state index >= 15 is 0 Å². The van der Waals surface area contributed by atoms with Crippen LogP contribution in [0, 0.1) is 5.41 Å². The van der Waals surface area contributed by atoms with E-state index < -0.39 is 0 Å². The van der Waals surface area contributed by atoms with Crippen molar-refractivity contribution in [1.29, 1.82) is 0 Å². The van der Waals surface area contributed by atoms with E-state index in [4.69, 9.17) is 0 Å². The van der Waals surface area contributed by atoms with Crippen molar-refractivity contribution in [3.63, 3.8) is 0 Å². The summed E-state index contributed by atoms with van der Waals surface area (Å²) in [6.07, 6.45) is 0. The first kappa shape index (κ1) is 12.3. The fraction of sp³-hybridized carbons (Fsp3) is 1.00. The molecule has 0 amide bonds. The van der Waals surface area contributed by atoms with Crippen LogP contribution in [0.3, 0.4) is 0 Å². The van der Waals surface area contributed by atoms with Crippen LogP contribution in [0.25, 0.3) is 0 Å². The molecule has 0 radical (unpaired) electrons. The number of hydrogen-bond donors (Lipinski definition) is 1. The van der Waals surface area contributed by atoms with Gasteiger partial charge in [0.1, 0.15) is 0 Å². The number of rotatable bonds is 3. The Balaban J connectivity index is 2.46. The van der Waals surface area contributed by atoms with Gasteiger partial charge in [-0.15, -0.1) is 0 Å². The molecular weight excluding hydrogens is 194 g/mol.